The normalized spacial score (nSPS) is 18.4. The number of piperazine rings is 1. The van der Waals surface area contributed by atoms with Crippen molar-refractivity contribution in [2.45, 2.75) is 87.3 Å². The maximum absolute atomic E-state index is 14.9. The van der Waals surface area contributed by atoms with Gasteiger partial charge < -0.3 is 24.4 Å². The van der Waals surface area contributed by atoms with Crippen LogP contribution in [0.15, 0.2) is 60.2 Å². The molecule has 15 heteroatoms. The van der Waals surface area contributed by atoms with Gasteiger partial charge in [0.25, 0.3) is 5.91 Å². The minimum Gasteiger partial charge on any atom is -0.488 e. The fraction of sp³-hybridized carbons (Fsp3) is 0.450. The Morgan fingerprint density at radius 1 is 0.927 bits per heavy atom. The van der Waals surface area contributed by atoms with Gasteiger partial charge in [-0.2, -0.15) is 4.39 Å². The van der Waals surface area contributed by atoms with Crippen LogP contribution >= 0.6 is 47.2 Å². The standard InChI is InChI=1S/C40H43Cl3F3N3O5.ClH/c1-23-7-14-29(18-24(23)2)53-22-48(27-12-13-27)37(50)34-30(19-28-20-47-21-33(34)49(28)38(51)54-39(3,4)40(41,42)43)26-10-8-25(9-11-26)6-5-17-52-36-32(45)16-15-31(44)35(36)46;/h7-11,14-16,18,27-28,33,47H,5-6,12-13,17,19-22H2,1-4H3;1H. The first-order valence-electron chi connectivity index (χ1n) is 17.9. The molecule has 0 radical (unpaired) electrons. The number of halogens is 7. The van der Waals surface area contributed by atoms with Crippen molar-refractivity contribution in [2.75, 3.05) is 26.4 Å². The van der Waals surface area contributed by atoms with Crippen molar-refractivity contribution in [3.05, 3.63) is 99.9 Å². The molecule has 1 N–H and O–H groups in total. The molecule has 2 amide bonds. The highest BCUT2D eigenvalue weighted by Crippen LogP contribution is 2.43. The lowest BCUT2D eigenvalue weighted by molar-refractivity contribution is -0.131. The van der Waals surface area contributed by atoms with Gasteiger partial charge in [-0.05, 0) is 112 Å². The summed E-state index contributed by atoms with van der Waals surface area (Å²) in [7, 11) is 0. The first-order chi connectivity index (χ1) is 25.6. The molecule has 3 aromatic rings. The Kier molecular flexibility index (Phi) is 13.6. The molecule has 1 saturated carbocycles. The monoisotopic (exact) mass is 843 g/mol. The first kappa shape index (κ1) is 42.8. The number of rotatable bonds is 12. The highest BCUT2D eigenvalue weighted by atomic mass is 35.6. The van der Waals surface area contributed by atoms with Crippen LogP contribution in [0.5, 0.6) is 11.5 Å². The number of alkyl halides is 3. The maximum Gasteiger partial charge on any atom is 0.411 e. The molecule has 1 aliphatic carbocycles. The van der Waals surface area contributed by atoms with Crippen LogP contribution in [0, 0.1) is 31.3 Å². The smallest absolute Gasteiger partial charge is 0.411 e. The van der Waals surface area contributed by atoms with Gasteiger partial charge in [-0.25, -0.2) is 13.6 Å². The van der Waals surface area contributed by atoms with Gasteiger partial charge in [0.2, 0.25) is 9.61 Å². The number of carbonyl (C=O) groups is 2. The lowest BCUT2D eigenvalue weighted by Gasteiger charge is -2.48. The van der Waals surface area contributed by atoms with E-state index in [-0.39, 0.29) is 43.7 Å². The van der Waals surface area contributed by atoms with Crippen LogP contribution in [-0.2, 0) is 16.0 Å². The van der Waals surface area contributed by atoms with Crippen molar-refractivity contribution >= 4 is 64.8 Å². The molecule has 2 aliphatic heterocycles. The number of amides is 2. The molecule has 298 valence electrons. The van der Waals surface area contributed by atoms with Gasteiger partial charge in [0.05, 0.1) is 18.7 Å². The number of aryl methyl sites for hydroxylation is 3. The van der Waals surface area contributed by atoms with Crippen molar-refractivity contribution in [3.63, 3.8) is 0 Å². The molecule has 3 aliphatic rings. The van der Waals surface area contributed by atoms with Crippen LogP contribution in [0.2, 0.25) is 0 Å². The van der Waals surface area contributed by atoms with E-state index in [2.05, 4.69) is 5.32 Å². The highest BCUT2D eigenvalue weighted by Gasteiger charge is 2.50. The van der Waals surface area contributed by atoms with Gasteiger partial charge in [-0.1, -0.05) is 65.1 Å². The van der Waals surface area contributed by atoms with Gasteiger partial charge in [0.1, 0.15) is 5.75 Å². The predicted octanol–water partition coefficient (Wildman–Crippen LogP) is 9.27. The molecule has 6 rings (SSSR count). The minimum atomic E-state index is -1.90. The number of fused-ring (bicyclic) bond motifs is 2. The summed E-state index contributed by atoms with van der Waals surface area (Å²) in [5, 5.41) is 3.39. The molecule has 8 nitrogen and oxygen atoms in total. The lowest BCUT2D eigenvalue weighted by atomic mass is 9.81. The summed E-state index contributed by atoms with van der Waals surface area (Å²) in [6.45, 7) is 7.82. The van der Waals surface area contributed by atoms with Gasteiger partial charge >= 0.3 is 6.09 Å². The third kappa shape index (κ3) is 9.62. The second-order valence-corrected chi connectivity index (χ2v) is 16.8. The van der Waals surface area contributed by atoms with E-state index in [1.54, 1.807) is 9.80 Å². The average molecular weight is 846 g/mol. The molecule has 2 unspecified atom stereocenters. The Hall–Kier alpha value is -3.35. The summed E-state index contributed by atoms with van der Waals surface area (Å²) < 4.78 is 56.9. The molecule has 2 heterocycles. The highest BCUT2D eigenvalue weighted by molar-refractivity contribution is 6.68. The minimum absolute atomic E-state index is 0. The number of benzene rings is 3. The zero-order valence-corrected chi connectivity index (χ0v) is 34.0. The summed E-state index contributed by atoms with van der Waals surface area (Å²) in [5.41, 5.74) is 3.75. The van der Waals surface area contributed by atoms with Crippen molar-refractivity contribution in [1.29, 1.82) is 0 Å². The van der Waals surface area contributed by atoms with Crippen LogP contribution < -0.4 is 14.8 Å². The van der Waals surface area contributed by atoms with Crippen LogP contribution in [0.1, 0.15) is 61.8 Å². The SMILES string of the molecule is Cc1ccc(OCN(C(=O)C2=C(c3ccc(CCCOc4c(F)ccc(F)c4F)cc3)CC3CNCC2N3C(=O)OC(C)(C)C(Cl)(Cl)Cl)C2CC2)cc1C.Cl. The van der Waals surface area contributed by atoms with Crippen LogP contribution in [0.4, 0.5) is 18.0 Å². The third-order valence-corrected chi connectivity index (χ3v) is 11.6. The van der Waals surface area contributed by atoms with E-state index in [0.29, 0.717) is 49.7 Å². The zero-order valence-electron chi connectivity index (χ0n) is 30.9. The van der Waals surface area contributed by atoms with E-state index in [0.717, 1.165) is 46.7 Å². The van der Waals surface area contributed by atoms with E-state index < -0.39 is 44.7 Å². The molecule has 2 fully saturated rings. The van der Waals surface area contributed by atoms with Gasteiger partial charge in [-0.3, -0.25) is 9.69 Å². The predicted molar refractivity (Wildman–Crippen MR) is 210 cm³/mol. The van der Waals surface area contributed by atoms with Crippen molar-refractivity contribution < 1.29 is 37.0 Å². The molecule has 0 spiro atoms. The number of nitrogens with one attached hydrogen (secondary N) is 1. The van der Waals surface area contributed by atoms with E-state index in [1.807, 2.05) is 56.3 Å². The van der Waals surface area contributed by atoms with Crippen LogP contribution in [0.25, 0.3) is 5.57 Å². The van der Waals surface area contributed by atoms with Crippen molar-refractivity contribution in [3.8, 4) is 11.5 Å². The zero-order chi connectivity index (χ0) is 38.9. The van der Waals surface area contributed by atoms with Gasteiger partial charge in [0.15, 0.2) is 29.7 Å². The lowest BCUT2D eigenvalue weighted by Crippen LogP contribution is -2.64. The maximum atomic E-state index is 14.9. The number of hydrogen-bond donors (Lipinski definition) is 1. The molecular weight excluding hydrogens is 801 g/mol. The average Bonchev–Trinajstić information content (AvgIpc) is 3.96. The van der Waals surface area contributed by atoms with Crippen LogP contribution in [-0.4, -0.2) is 75.7 Å². The molecule has 55 heavy (non-hydrogen) atoms. The quantitative estimate of drug-likeness (QED) is 0.0848. The fourth-order valence-electron chi connectivity index (χ4n) is 6.73. The van der Waals surface area contributed by atoms with Crippen molar-refractivity contribution in [2.24, 2.45) is 0 Å². The largest absolute Gasteiger partial charge is 0.488 e. The first-order valence-corrected chi connectivity index (χ1v) is 19.1. The van der Waals surface area contributed by atoms with Gasteiger partial charge in [0, 0.05) is 24.7 Å². The molecule has 1 saturated heterocycles. The Bertz CT molecular complexity index is 1920. The van der Waals surface area contributed by atoms with Crippen LogP contribution in [0.3, 0.4) is 0 Å². The third-order valence-electron chi connectivity index (χ3n) is 10.3. The van der Waals surface area contributed by atoms with E-state index in [1.165, 1.54) is 13.8 Å². The number of ether oxygens (including phenoxy) is 3. The van der Waals surface area contributed by atoms with Crippen molar-refractivity contribution in [1.82, 2.24) is 15.1 Å². The van der Waals surface area contributed by atoms with E-state index >= 15 is 0 Å². The Labute approximate surface area is 340 Å². The number of nitrogens with zero attached hydrogens (tertiary/aromatic N) is 2. The second kappa shape index (κ2) is 17.4. The molecule has 3 aromatic carbocycles. The van der Waals surface area contributed by atoms with Gasteiger partial charge in [-0.15, -0.1) is 12.4 Å². The van der Waals surface area contributed by atoms with E-state index in [9.17, 15) is 22.8 Å². The molecular formula is C40H44Cl4F3N3O5. The Morgan fingerprint density at radius 3 is 2.27 bits per heavy atom. The number of carbonyl (C=O) groups excluding carboxylic acids is 2. The Morgan fingerprint density at radius 2 is 1.62 bits per heavy atom. The summed E-state index contributed by atoms with van der Waals surface area (Å²) in [5.74, 6) is -3.83. The second-order valence-electron chi connectivity index (χ2n) is 14.6. The Balaban J connectivity index is 0.00000580. The molecule has 2 bridgehead atoms. The summed E-state index contributed by atoms with van der Waals surface area (Å²) in [6, 6.07) is 14.0. The molecule has 0 aromatic heterocycles. The summed E-state index contributed by atoms with van der Waals surface area (Å²) in [6.07, 6.45) is 2.25. The van der Waals surface area contributed by atoms with E-state index in [4.69, 9.17) is 49.0 Å². The fourth-order valence-corrected chi connectivity index (χ4v) is 6.84. The topological polar surface area (TPSA) is 80.3 Å². The number of hydrogen-bond acceptors (Lipinski definition) is 6. The summed E-state index contributed by atoms with van der Waals surface area (Å²) in [4.78, 5) is 32.2. The molecule has 2 atom stereocenters. The summed E-state index contributed by atoms with van der Waals surface area (Å²) >= 11 is 18.6.